The molecule has 9 nitrogen and oxygen atoms in total. The summed E-state index contributed by atoms with van der Waals surface area (Å²) in [5, 5.41) is 8.18. The van der Waals surface area contributed by atoms with Crippen molar-refractivity contribution < 1.29 is 22.5 Å². The average Bonchev–Trinajstić information content (AvgIpc) is 3.28. The molecular weight excluding hydrogens is 396 g/mol. The SMILES string of the molecule is NC(=O)C1=CC(c2ccccc2)(C2CC(c3nnc(C4CS(=O)(=O)C4)o3)C2)NO1. The van der Waals surface area contributed by atoms with Crippen molar-refractivity contribution in [2.45, 2.75) is 30.2 Å². The van der Waals surface area contributed by atoms with E-state index in [4.69, 9.17) is 15.0 Å². The first-order valence-electron chi connectivity index (χ1n) is 9.42. The second-order valence-electron chi connectivity index (χ2n) is 7.93. The lowest BCUT2D eigenvalue weighted by Crippen LogP contribution is -2.48. The minimum Gasteiger partial charge on any atom is -0.425 e. The summed E-state index contributed by atoms with van der Waals surface area (Å²) in [5.41, 5.74) is 8.73. The molecule has 2 fully saturated rings. The Labute approximate surface area is 167 Å². The van der Waals surface area contributed by atoms with Gasteiger partial charge in [-0.2, -0.15) is 0 Å². The van der Waals surface area contributed by atoms with Gasteiger partial charge in [-0.3, -0.25) is 4.79 Å². The van der Waals surface area contributed by atoms with E-state index in [0.717, 1.165) is 18.4 Å². The van der Waals surface area contributed by atoms with E-state index in [1.807, 2.05) is 30.3 Å². The molecule has 1 unspecified atom stereocenters. The molecule has 1 aromatic heterocycles. The molecule has 3 N–H and O–H groups in total. The van der Waals surface area contributed by atoms with Gasteiger partial charge < -0.3 is 15.0 Å². The Bertz CT molecular complexity index is 1080. The number of nitrogens with two attached hydrogens (primary N) is 1. The molecule has 1 aromatic carbocycles. The van der Waals surface area contributed by atoms with Crippen LogP contribution in [0, 0.1) is 5.92 Å². The van der Waals surface area contributed by atoms with E-state index < -0.39 is 21.3 Å². The third-order valence-corrected chi connectivity index (χ3v) is 7.85. The smallest absolute Gasteiger partial charge is 0.286 e. The van der Waals surface area contributed by atoms with Crippen molar-refractivity contribution in [1.82, 2.24) is 15.7 Å². The standard InChI is InChI=1S/C19H20N4O5S/c20-16(24)15-8-19(23-28-15,13-4-2-1-3-5-13)14-6-11(7-14)17-21-22-18(27-17)12-9-29(25,26)10-12/h1-5,8,11-12,14,23H,6-7,9-10H2,(H2,20,24). The molecule has 5 rings (SSSR count). The fourth-order valence-corrected chi connectivity index (χ4v) is 5.71. The van der Waals surface area contributed by atoms with Crippen molar-refractivity contribution in [2.75, 3.05) is 11.5 Å². The van der Waals surface area contributed by atoms with Crippen molar-refractivity contribution in [2.24, 2.45) is 11.7 Å². The lowest BCUT2D eigenvalue weighted by molar-refractivity contribution is -0.119. The average molecular weight is 416 g/mol. The summed E-state index contributed by atoms with van der Waals surface area (Å²) in [5.74, 6) is 0.557. The Morgan fingerprint density at radius 2 is 1.76 bits per heavy atom. The molecule has 0 spiro atoms. The molecule has 0 radical (unpaired) electrons. The van der Waals surface area contributed by atoms with Crippen molar-refractivity contribution >= 4 is 15.7 Å². The summed E-state index contributed by atoms with van der Waals surface area (Å²) in [4.78, 5) is 17.0. The first kappa shape index (κ1) is 18.3. The summed E-state index contributed by atoms with van der Waals surface area (Å²) in [6, 6.07) is 9.75. The third-order valence-electron chi connectivity index (χ3n) is 6.03. The van der Waals surface area contributed by atoms with Gasteiger partial charge in [-0.15, -0.1) is 15.7 Å². The number of aromatic nitrogens is 2. The van der Waals surface area contributed by atoms with Crippen LogP contribution in [0.5, 0.6) is 0 Å². The van der Waals surface area contributed by atoms with E-state index in [1.54, 1.807) is 6.08 Å². The number of sulfone groups is 1. The maximum atomic E-state index is 11.6. The van der Waals surface area contributed by atoms with Crippen molar-refractivity contribution in [3.8, 4) is 0 Å². The molecule has 3 aliphatic rings. The summed E-state index contributed by atoms with van der Waals surface area (Å²) >= 11 is 0. The van der Waals surface area contributed by atoms with Gasteiger partial charge in [0.25, 0.3) is 5.91 Å². The number of hydrogen-bond acceptors (Lipinski definition) is 8. The number of benzene rings is 1. The number of nitrogens with one attached hydrogen (secondary N) is 1. The molecule has 1 saturated heterocycles. The van der Waals surface area contributed by atoms with Crippen molar-refractivity contribution in [3.05, 3.63) is 59.5 Å². The molecule has 10 heteroatoms. The van der Waals surface area contributed by atoms with E-state index in [9.17, 15) is 13.2 Å². The number of carbonyl (C=O) groups excluding carboxylic acids is 1. The van der Waals surface area contributed by atoms with E-state index in [-0.39, 0.29) is 35.0 Å². The Morgan fingerprint density at radius 3 is 2.34 bits per heavy atom. The predicted molar refractivity (Wildman–Crippen MR) is 101 cm³/mol. The predicted octanol–water partition coefficient (Wildman–Crippen LogP) is 0.875. The van der Waals surface area contributed by atoms with E-state index >= 15 is 0 Å². The molecule has 29 heavy (non-hydrogen) atoms. The van der Waals surface area contributed by atoms with Crippen LogP contribution in [0.2, 0.25) is 0 Å². The molecule has 1 amide bonds. The molecule has 3 heterocycles. The number of hydrogen-bond donors (Lipinski definition) is 2. The zero-order valence-corrected chi connectivity index (χ0v) is 16.3. The van der Waals surface area contributed by atoms with Crippen LogP contribution in [-0.2, 0) is 25.0 Å². The molecular formula is C19H20N4O5S. The van der Waals surface area contributed by atoms with Crippen molar-refractivity contribution in [1.29, 1.82) is 0 Å². The van der Waals surface area contributed by atoms with Gasteiger partial charge in [-0.25, -0.2) is 8.42 Å². The third kappa shape index (κ3) is 3.03. The molecule has 2 aliphatic heterocycles. The molecule has 152 valence electrons. The minimum atomic E-state index is -2.95. The van der Waals surface area contributed by atoms with Crippen LogP contribution in [0.4, 0.5) is 0 Å². The number of primary amides is 1. The van der Waals surface area contributed by atoms with Crippen LogP contribution in [0.1, 0.15) is 42.0 Å². The largest absolute Gasteiger partial charge is 0.425 e. The molecule has 1 saturated carbocycles. The maximum Gasteiger partial charge on any atom is 0.286 e. The number of nitrogens with zero attached hydrogens (tertiary/aromatic N) is 2. The molecule has 0 bridgehead atoms. The second kappa shape index (κ2) is 6.39. The first-order valence-corrected chi connectivity index (χ1v) is 11.2. The van der Waals surface area contributed by atoms with Gasteiger partial charge in [-0.05, 0) is 30.4 Å². The zero-order valence-electron chi connectivity index (χ0n) is 15.4. The Hall–Kier alpha value is -2.72. The number of hydroxylamine groups is 1. The van der Waals surface area contributed by atoms with Crippen LogP contribution < -0.4 is 11.2 Å². The van der Waals surface area contributed by atoms with Gasteiger partial charge in [0.1, 0.15) is 5.54 Å². The number of amides is 1. The Kier molecular flexibility index (Phi) is 4.04. The van der Waals surface area contributed by atoms with Gasteiger partial charge in [0, 0.05) is 5.92 Å². The van der Waals surface area contributed by atoms with E-state index in [0.29, 0.717) is 11.8 Å². The highest BCUT2D eigenvalue weighted by Crippen LogP contribution is 2.52. The minimum absolute atomic E-state index is 0.0704. The van der Waals surface area contributed by atoms with Gasteiger partial charge >= 0.3 is 0 Å². The normalized spacial score (nSPS) is 30.7. The van der Waals surface area contributed by atoms with Gasteiger partial charge in [0.05, 0.1) is 17.4 Å². The highest BCUT2D eigenvalue weighted by Gasteiger charge is 2.51. The van der Waals surface area contributed by atoms with Crippen LogP contribution in [0.25, 0.3) is 0 Å². The van der Waals surface area contributed by atoms with Gasteiger partial charge in [0.15, 0.2) is 9.84 Å². The first-order chi connectivity index (χ1) is 13.9. The maximum absolute atomic E-state index is 11.6. The Balaban J connectivity index is 1.34. The van der Waals surface area contributed by atoms with Crippen LogP contribution in [-0.4, -0.2) is 36.0 Å². The summed E-state index contributed by atoms with van der Waals surface area (Å²) in [6.45, 7) is 0. The van der Waals surface area contributed by atoms with Gasteiger partial charge in [0.2, 0.25) is 17.5 Å². The van der Waals surface area contributed by atoms with E-state index in [2.05, 4.69) is 15.7 Å². The number of rotatable bonds is 5. The molecule has 1 atom stereocenters. The van der Waals surface area contributed by atoms with E-state index in [1.165, 1.54) is 0 Å². The number of carbonyl (C=O) groups is 1. The summed E-state index contributed by atoms with van der Waals surface area (Å²) in [6.07, 6.45) is 3.25. The lowest BCUT2D eigenvalue weighted by Gasteiger charge is -2.44. The molecule has 1 aliphatic carbocycles. The van der Waals surface area contributed by atoms with Crippen LogP contribution in [0.3, 0.4) is 0 Å². The monoisotopic (exact) mass is 416 g/mol. The lowest BCUT2D eigenvalue weighted by atomic mass is 9.62. The molecule has 2 aromatic rings. The summed E-state index contributed by atoms with van der Waals surface area (Å²) < 4.78 is 28.5. The highest BCUT2D eigenvalue weighted by atomic mass is 32.2. The van der Waals surface area contributed by atoms with Crippen LogP contribution in [0.15, 0.2) is 46.6 Å². The zero-order chi connectivity index (χ0) is 20.2. The fraction of sp³-hybridized carbons (Fsp3) is 0.421. The fourth-order valence-electron chi connectivity index (χ4n) is 4.29. The van der Waals surface area contributed by atoms with Gasteiger partial charge in [-0.1, -0.05) is 30.3 Å². The topological polar surface area (TPSA) is 137 Å². The Morgan fingerprint density at radius 1 is 1.10 bits per heavy atom. The second-order valence-corrected chi connectivity index (χ2v) is 10.1. The van der Waals surface area contributed by atoms with Crippen molar-refractivity contribution in [3.63, 3.8) is 0 Å². The quantitative estimate of drug-likeness (QED) is 0.732. The van der Waals surface area contributed by atoms with Crippen LogP contribution >= 0.6 is 0 Å². The summed E-state index contributed by atoms with van der Waals surface area (Å²) in [7, 11) is -2.95. The highest BCUT2D eigenvalue weighted by molar-refractivity contribution is 7.92.